The first-order chi connectivity index (χ1) is 17.8. The molecule has 0 aromatic carbocycles. The summed E-state index contributed by atoms with van der Waals surface area (Å²) in [5.41, 5.74) is -1.49. The van der Waals surface area contributed by atoms with Crippen molar-refractivity contribution in [1.82, 2.24) is 9.55 Å². The highest BCUT2D eigenvalue weighted by Gasteiger charge is 2.34. The topological polar surface area (TPSA) is 139 Å². The Hall–Kier alpha value is -2.35. The molecule has 4 heterocycles. The molecule has 0 saturated carbocycles. The van der Waals surface area contributed by atoms with E-state index in [4.69, 9.17) is 23.7 Å². The van der Waals surface area contributed by atoms with Gasteiger partial charge in [0.05, 0.1) is 30.7 Å². The molecule has 2 N–H and O–H groups in total. The molecule has 0 bridgehead atoms. The van der Waals surface area contributed by atoms with E-state index in [2.05, 4.69) is 4.98 Å². The second kappa shape index (κ2) is 12.5. The number of pyridine rings is 2. The summed E-state index contributed by atoms with van der Waals surface area (Å²) >= 11 is 0. The van der Waals surface area contributed by atoms with E-state index in [1.807, 2.05) is 6.92 Å². The number of aromatic nitrogens is 2. The van der Waals surface area contributed by atoms with Gasteiger partial charge in [0.2, 0.25) is 5.43 Å². The quantitative estimate of drug-likeness (QED) is 0.347. The van der Waals surface area contributed by atoms with Crippen molar-refractivity contribution >= 4 is 29.6 Å². The number of nitrogens with zero attached hydrogens (tertiary/aromatic N) is 2. The Morgan fingerprint density at radius 2 is 1.76 bits per heavy atom. The molecule has 4 rings (SSSR count). The predicted octanol–water partition coefficient (Wildman–Crippen LogP) is 1.05. The molecule has 0 radical (unpaired) electrons. The lowest BCUT2D eigenvalue weighted by Gasteiger charge is -2.36. The fourth-order valence-electron chi connectivity index (χ4n) is 4.54. The molecule has 12 heteroatoms. The maximum Gasteiger partial charge on any atom is 0.490 e. The highest BCUT2D eigenvalue weighted by molar-refractivity contribution is 6.58. The van der Waals surface area contributed by atoms with Crippen LogP contribution in [-0.4, -0.2) is 78.3 Å². The minimum Gasteiger partial charge on any atom is -0.462 e. The Morgan fingerprint density at radius 1 is 1.14 bits per heavy atom. The van der Waals surface area contributed by atoms with Crippen LogP contribution in [0.3, 0.4) is 0 Å². The van der Waals surface area contributed by atoms with E-state index >= 15 is 0 Å². The van der Waals surface area contributed by atoms with Gasteiger partial charge in [-0.15, -0.1) is 0 Å². The Kier molecular flexibility index (Phi) is 9.33. The number of ether oxygens (including phenoxy) is 5. The second-order valence-electron chi connectivity index (χ2n) is 9.69. The molecule has 2 aliphatic rings. The largest absolute Gasteiger partial charge is 0.490 e. The van der Waals surface area contributed by atoms with E-state index in [9.17, 15) is 19.6 Å². The summed E-state index contributed by atoms with van der Waals surface area (Å²) in [6, 6.07) is 1.32. The molecule has 2 aliphatic heterocycles. The number of hydrogen-bond donors (Lipinski definition) is 2. The molecule has 202 valence electrons. The molecule has 2 fully saturated rings. The van der Waals surface area contributed by atoms with E-state index in [1.54, 1.807) is 11.5 Å². The second-order valence-corrected chi connectivity index (χ2v) is 9.69. The zero-order chi connectivity index (χ0) is 26.4. The van der Waals surface area contributed by atoms with Gasteiger partial charge in [0.25, 0.3) is 0 Å². The minimum atomic E-state index is -1.83. The zero-order valence-electron chi connectivity index (χ0n) is 21.4. The number of fused-ring (bicyclic) bond motifs is 1. The third-order valence-electron chi connectivity index (χ3n) is 6.67. The van der Waals surface area contributed by atoms with Gasteiger partial charge in [0, 0.05) is 31.1 Å². The van der Waals surface area contributed by atoms with Crippen molar-refractivity contribution < 1.29 is 38.5 Å². The molecule has 37 heavy (non-hydrogen) atoms. The molecule has 2 saturated heterocycles. The van der Waals surface area contributed by atoms with Crippen molar-refractivity contribution in [3.8, 4) is 0 Å². The summed E-state index contributed by atoms with van der Waals surface area (Å²) in [4.78, 5) is 30.4. The summed E-state index contributed by atoms with van der Waals surface area (Å²) < 4.78 is 30.7. The van der Waals surface area contributed by atoms with E-state index < -0.39 is 24.1 Å². The number of hydrogen-bond acceptors (Lipinski definition) is 10. The maximum absolute atomic E-state index is 13.3. The molecule has 2 aromatic heterocycles. The lowest BCUT2D eigenvalue weighted by molar-refractivity contribution is -0.201. The van der Waals surface area contributed by atoms with Crippen LogP contribution in [-0.2, 0) is 29.2 Å². The molecule has 2 unspecified atom stereocenters. The number of esters is 1. The Morgan fingerprint density at radius 3 is 2.27 bits per heavy atom. The van der Waals surface area contributed by atoms with Crippen LogP contribution in [0.1, 0.15) is 62.7 Å². The van der Waals surface area contributed by atoms with E-state index in [-0.39, 0.29) is 54.5 Å². The lowest BCUT2D eigenvalue weighted by atomic mass is 9.81. The van der Waals surface area contributed by atoms with Gasteiger partial charge >= 0.3 is 13.1 Å². The first-order valence-corrected chi connectivity index (χ1v) is 12.9. The molecule has 0 amide bonds. The van der Waals surface area contributed by atoms with Crippen LogP contribution in [0, 0.1) is 0 Å². The van der Waals surface area contributed by atoms with Gasteiger partial charge in [-0.2, -0.15) is 0 Å². The summed E-state index contributed by atoms with van der Waals surface area (Å²) in [6.07, 6.45) is 7.42. The van der Waals surface area contributed by atoms with Gasteiger partial charge < -0.3 is 38.3 Å². The average Bonchev–Trinajstić information content (AvgIpc) is 2.92. The van der Waals surface area contributed by atoms with Crippen LogP contribution in [0.4, 0.5) is 0 Å². The molecule has 11 nitrogen and oxygen atoms in total. The molecule has 2 aromatic rings. The maximum atomic E-state index is 13.3. The molecule has 0 aliphatic carbocycles. The van der Waals surface area contributed by atoms with Gasteiger partial charge in [-0.1, -0.05) is 0 Å². The average molecular weight is 518 g/mol. The Bertz CT molecular complexity index is 1110. The summed E-state index contributed by atoms with van der Waals surface area (Å²) in [6.45, 7) is 5.14. The standard InChI is InChI=1S/C25H35BN2O9/c1-3-33-24(30)19-14-28(23-18(22(19)29)12-17(13-27-23)26(31)32)25(2,15-36-20-8-4-6-10-34-20)16-37-21-9-5-7-11-35-21/h12-14,20-21,31-32H,3-11,15-16H2,1-2H3. The molecular formula is C25H35BN2O9. The SMILES string of the molecule is CCOC(=O)c1cn(C(C)(COC2CCCCO2)COC2CCCCO2)c2ncc(B(O)O)cc2c1=O. The van der Waals surface area contributed by atoms with Crippen molar-refractivity contribution in [1.29, 1.82) is 0 Å². The van der Waals surface area contributed by atoms with Crippen LogP contribution in [0.2, 0.25) is 0 Å². The van der Waals surface area contributed by atoms with Crippen molar-refractivity contribution in [3.63, 3.8) is 0 Å². The highest BCUT2D eigenvalue weighted by Crippen LogP contribution is 2.26. The van der Waals surface area contributed by atoms with Crippen molar-refractivity contribution in [3.05, 3.63) is 34.2 Å². The first-order valence-electron chi connectivity index (χ1n) is 12.9. The van der Waals surface area contributed by atoms with Crippen molar-refractivity contribution in [2.45, 2.75) is 70.5 Å². The van der Waals surface area contributed by atoms with Gasteiger partial charge in [-0.25, -0.2) is 9.78 Å². The summed E-state index contributed by atoms with van der Waals surface area (Å²) in [7, 11) is -1.83. The monoisotopic (exact) mass is 518 g/mol. The molecular weight excluding hydrogens is 483 g/mol. The van der Waals surface area contributed by atoms with Gasteiger partial charge in [0.15, 0.2) is 12.6 Å². The molecule has 2 atom stereocenters. The Balaban J connectivity index is 1.78. The van der Waals surface area contributed by atoms with Crippen molar-refractivity contribution in [2.75, 3.05) is 33.0 Å². The summed E-state index contributed by atoms with van der Waals surface area (Å²) in [5.74, 6) is -0.784. The van der Waals surface area contributed by atoms with Gasteiger partial charge in [0.1, 0.15) is 11.2 Å². The third kappa shape index (κ3) is 6.57. The van der Waals surface area contributed by atoms with Crippen LogP contribution >= 0.6 is 0 Å². The van der Waals surface area contributed by atoms with Crippen LogP contribution in [0.25, 0.3) is 11.0 Å². The fraction of sp³-hybridized carbons (Fsp3) is 0.640. The van der Waals surface area contributed by atoms with Crippen LogP contribution in [0.5, 0.6) is 0 Å². The van der Waals surface area contributed by atoms with Crippen LogP contribution < -0.4 is 10.9 Å². The van der Waals surface area contributed by atoms with E-state index in [0.717, 1.165) is 38.5 Å². The van der Waals surface area contributed by atoms with Gasteiger partial charge in [-0.3, -0.25) is 4.79 Å². The highest BCUT2D eigenvalue weighted by atomic mass is 16.7. The fourth-order valence-corrected chi connectivity index (χ4v) is 4.54. The molecule has 0 spiro atoms. The van der Waals surface area contributed by atoms with E-state index in [1.165, 1.54) is 18.5 Å². The van der Waals surface area contributed by atoms with E-state index in [0.29, 0.717) is 13.2 Å². The zero-order valence-corrected chi connectivity index (χ0v) is 21.4. The predicted molar refractivity (Wildman–Crippen MR) is 135 cm³/mol. The van der Waals surface area contributed by atoms with Crippen molar-refractivity contribution in [2.24, 2.45) is 0 Å². The number of rotatable bonds is 10. The normalized spacial score (nSPS) is 21.9. The summed E-state index contributed by atoms with van der Waals surface area (Å²) in [5, 5.41) is 19.4. The third-order valence-corrected chi connectivity index (χ3v) is 6.67. The Labute approximate surface area is 215 Å². The number of carbonyl (C=O) groups excluding carboxylic acids is 1. The number of carbonyl (C=O) groups is 1. The van der Waals surface area contributed by atoms with Crippen LogP contribution in [0.15, 0.2) is 23.3 Å². The first kappa shape index (κ1) is 27.7. The van der Waals surface area contributed by atoms with Gasteiger partial charge in [-0.05, 0) is 58.4 Å². The lowest BCUT2D eigenvalue weighted by Crippen LogP contribution is -2.45. The smallest absolute Gasteiger partial charge is 0.462 e. The minimum absolute atomic E-state index is 0.0255.